The number of nitrogens with zero attached hydrogens (tertiary/aromatic N) is 1. The molecule has 0 unspecified atom stereocenters. The minimum absolute atomic E-state index is 0.494. The van der Waals surface area contributed by atoms with Gasteiger partial charge in [0.05, 0.1) is 0 Å². The first-order valence-corrected chi connectivity index (χ1v) is 4.43. The van der Waals surface area contributed by atoms with Crippen LogP contribution in [-0.2, 0) is 4.79 Å². The van der Waals surface area contributed by atoms with Crippen LogP contribution in [0, 0.1) is 0 Å². The quantitative estimate of drug-likeness (QED) is 0.449. The number of hydrogen-bond donors (Lipinski definition) is 0. The summed E-state index contributed by atoms with van der Waals surface area (Å²) in [6, 6.07) is 0.494. The monoisotopic (exact) mass is 169 g/mol. The van der Waals surface area contributed by atoms with Gasteiger partial charge in [0.15, 0.2) is 0 Å². The van der Waals surface area contributed by atoms with E-state index in [0.717, 1.165) is 24.8 Å². The molecule has 2 heteroatoms. The molecule has 0 aliphatic rings. The normalized spacial score (nSPS) is 10.0. The Bertz CT molecular complexity index is 152. The van der Waals surface area contributed by atoms with Gasteiger partial charge in [0.2, 0.25) is 0 Å². The summed E-state index contributed by atoms with van der Waals surface area (Å²) < 4.78 is 0. The molecule has 0 atom stereocenters. The van der Waals surface area contributed by atoms with Gasteiger partial charge >= 0.3 is 0 Å². The number of carbonyl (C=O) groups is 1. The summed E-state index contributed by atoms with van der Waals surface area (Å²) in [4.78, 5) is 12.2. The van der Waals surface area contributed by atoms with Gasteiger partial charge in [0, 0.05) is 25.2 Å². The first-order valence-electron chi connectivity index (χ1n) is 4.43. The van der Waals surface area contributed by atoms with E-state index in [4.69, 9.17) is 0 Å². The molecular weight excluding hydrogens is 150 g/mol. The molecule has 2 nitrogen and oxygen atoms in total. The lowest BCUT2D eigenvalue weighted by Crippen LogP contribution is -2.24. The highest BCUT2D eigenvalue weighted by molar-refractivity contribution is 5.49. The third kappa shape index (κ3) is 4.16. The second kappa shape index (κ2) is 5.81. The molecule has 0 aromatic carbocycles. The molecule has 70 valence electrons. The Morgan fingerprint density at radius 3 is 2.58 bits per heavy atom. The standard InChI is InChI=1S/C10H19NO/c1-9(2)11(4)10(3)7-5-6-8-12/h8-9H,3,5-7H2,1-2,4H3. The van der Waals surface area contributed by atoms with Crippen LogP contribution < -0.4 is 0 Å². The van der Waals surface area contributed by atoms with Crippen LogP contribution in [0.5, 0.6) is 0 Å². The number of allylic oxidation sites excluding steroid dienone is 1. The summed E-state index contributed by atoms with van der Waals surface area (Å²) in [5.74, 6) is 0. The van der Waals surface area contributed by atoms with E-state index in [-0.39, 0.29) is 0 Å². The summed E-state index contributed by atoms with van der Waals surface area (Å²) in [5.41, 5.74) is 1.12. The average molecular weight is 169 g/mol. The third-order valence-corrected chi connectivity index (χ3v) is 2.06. The van der Waals surface area contributed by atoms with Gasteiger partial charge in [-0.15, -0.1) is 0 Å². The van der Waals surface area contributed by atoms with Crippen LogP contribution in [0.25, 0.3) is 0 Å². The number of unbranched alkanes of at least 4 members (excludes halogenated alkanes) is 1. The molecule has 0 aliphatic carbocycles. The molecule has 0 bridgehead atoms. The van der Waals surface area contributed by atoms with Crippen molar-refractivity contribution < 1.29 is 4.79 Å². The highest BCUT2D eigenvalue weighted by atomic mass is 16.1. The highest BCUT2D eigenvalue weighted by Gasteiger charge is 2.04. The molecule has 0 fully saturated rings. The highest BCUT2D eigenvalue weighted by Crippen LogP contribution is 2.10. The summed E-state index contributed by atoms with van der Waals surface area (Å²) >= 11 is 0. The Morgan fingerprint density at radius 1 is 1.58 bits per heavy atom. The van der Waals surface area contributed by atoms with Crippen LogP contribution in [0.1, 0.15) is 33.1 Å². The Kier molecular flexibility index (Phi) is 5.43. The van der Waals surface area contributed by atoms with Gasteiger partial charge in [-0.05, 0) is 26.7 Å². The second-order valence-corrected chi connectivity index (χ2v) is 3.33. The van der Waals surface area contributed by atoms with E-state index >= 15 is 0 Å². The van der Waals surface area contributed by atoms with Crippen molar-refractivity contribution in [3.63, 3.8) is 0 Å². The Morgan fingerprint density at radius 2 is 2.17 bits per heavy atom. The van der Waals surface area contributed by atoms with Gasteiger partial charge in [0.1, 0.15) is 6.29 Å². The van der Waals surface area contributed by atoms with Crippen molar-refractivity contribution in [1.82, 2.24) is 4.90 Å². The molecule has 0 rings (SSSR count). The molecule has 0 aromatic heterocycles. The molecule has 0 aliphatic heterocycles. The van der Waals surface area contributed by atoms with Gasteiger partial charge in [-0.3, -0.25) is 0 Å². The van der Waals surface area contributed by atoms with Crippen molar-refractivity contribution >= 4 is 6.29 Å². The predicted octanol–water partition coefficient (Wildman–Crippen LogP) is 2.21. The van der Waals surface area contributed by atoms with Crippen molar-refractivity contribution in [3.8, 4) is 0 Å². The molecule has 0 amide bonds. The van der Waals surface area contributed by atoms with Crippen LogP contribution in [-0.4, -0.2) is 24.3 Å². The zero-order chi connectivity index (χ0) is 9.56. The largest absolute Gasteiger partial charge is 0.376 e. The Hall–Kier alpha value is -0.790. The van der Waals surface area contributed by atoms with Crippen LogP contribution in [0.3, 0.4) is 0 Å². The molecule has 0 saturated carbocycles. The number of hydrogen-bond acceptors (Lipinski definition) is 2. The molecule has 0 spiro atoms. The second-order valence-electron chi connectivity index (χ2n) is 3.33. The summed E-state index contributed by atoms with van der Waals surface area (Å²) in [6.07, 6.45) is 3.44. The zero-order valence-corrected chi connectivity index (χ0v) is 8.34. The molecule has 0 aromatic rings. The summed E-state index contributed by atoms with van der Waals surface area (Å²) in [6.45, 7) is 8.22. The lowest BCUT2D eigenvalue weighted by Gasteiger charge is -2.25. The lowest BCUT2D eigenvalue weighted by atomic mass is 10.2. The van der Waals surface area contributed by atoms with Crippen molar-refractivity contribution in [2.45, 2.75) is 39.2 Å². The van der Waals surface area contributed by atoms with Gasteiger partial charge < -0.3 is 9.69 Å². The van der Waals surface area contributed by atoms with Crippen LogP contribution >= 0.6 is 0 Å². The van der Waals surface area contributed by atoms with E-state index < -0.39 is 0 Å². The topological polar surface area (TPSA) is 20.3 Å². The van der Waals surface area contributed by atoms with E-state index in [1.54, 1.807) is 0 Å². The molecule has 0 radical (unpaired) electrons. The summed E-state index contributed by atoms with van der Waals surface area (Å²) in [7, 11) is 2.04. The predicted molar refractivity (Wildman–Crippen MR) is 52.0 cm³/mol. The van der Waals surface area contributed by atoms with Crippen LogP contribution in [0.4, 0.5) is 0 Å². The van der Waals surface area contributed by atoms with E-state index in [2.05, 4.69) is 25.3 Å². The smallest absolute Gasteiger partial charge is 0.120 e. The van der Waals surface area contributed by atoms with Crippen molar-refractivity contribution in [1.29, 1.82) is 0 Å². The van der Waals surface area contributed by atoms with E-state index in [9.17, 15) is 4.79 Å². The Balaban J connectivity index is 3.64. The Labute approximate surface area is 75.3 Å². The van der Waals surface area contributed by atoms with Crippen molar-refractivity contribution in [2.75, 3.05) is 7.05 Å². The van der Waals surface area contributed by atoms with Crippen LogP contribution in [0.2, 0.25) is 0 Å². The maximum atomic E-state index is 10.0. The number of aldehydes is 1. The lowest BCUT2D eigenvalue weighted by molar-refractivity contribution is -0.107. The van der Waals surface area contributed by atoms with Crippen LogP contribution in [0.15, 0.2) is 12.3 Å². The number of rotatable bonds is 6. The molecule has 0 N–H and O–H groups in total. The average Bonchev–Trinajstić information content (AvgIpc) is 2.03. The minimum atomic E-state index is 0.494. The van der Waals surface area contributed by atoms with E-state index in [1.165, 1.54) is 0 Å². The van der Waals surface area contributed by atoms with Gasteiger partial charge in [-0.25, -0.2) is 0 Å². The van der Waals surface area contributed by atoms with Gasteiger partial charge in [-0.2, -0.15) is 0 Å². The molecule has 12 heavy (non-hydrogen) atoms. The first-order chi connectivity index (χ1) is 5.59. The van der Waals surface area contributed by atoms with E-state index in [1.807, 2.05) is 7.05 Å². The fraction of sp³-hybridized carbons (Fsp3) is 0.700. The zero-order valence-electron chi connectivity index (χ0n) is 8.34. The fourth-order valence-corrected chi connectivity index (χ4v) is 0.931. The molecular formula is C10H19NO. The molecule has 0 heterocycles. The minimum Gasteiger partial charge on any atom is -0.376 e. The van der Waals surface area contributed by atoms with Crippen molar-refractivity contribution in [3.05, 3.63) is 12.3 Å². The fourth-order valence-electron chi connectivity index (χ4n) is 0.931. The maximum absolute atomic E-state index is 10.0. The summed E-state index contributed by atoms with van der Waals surface area (Å²) in [5, 5.41) is 0. The first kappa shape index (κ1) is 11.2. The maximum Gasteiger partial charge on any atom is 0.120 e. The van der Waals surface area contributed by atoms with Gasteiger partial charge in [0.25, 0.3) is 0 Å². The third-order valence-electron chi connectivity index (χ3n) is 2.06. The van der Waals surface area contributed by atoms with Crippen molar-refractivity contribution in [2.24, 2.45) is 0 Å². The molecule has 0 saturated heterocycles. The number of carbonyl (C=O) groups excluding carboxylic acids is 1. The van der Waals surface area contributed by atoms with Gasteiger partial charge in [-0.1, -0.05) is 6.58 Å². The SMILES string of the molecule is C=C(CCCC=O)N(C)C(C)C. The van der Waals surface area contributed by atoms with E-state index in [0.29, 0.717) is 12.5 Å².